The molecule has 1 aromatic heterocycles. The summed E-state index contributed by atoms with van der Waals surface area (Å²) >= 11 is 0. The molecule has 0 saturated heterocycles. The second-order valence-electron chi connectivity index (χ2n) is 5.46. The Morgan fingerprint density at radius 2 is 2.18 bits per heavy atom. The number of anilines is 2. The number of aryl methyl sites for hydroxylation is 1. The number of fused-ring (bicyclic) bond motifs is 1. The summed E-state index contributed by atoms with van der Waals surface area (Å²) in [5, 5.41) is 6.46. The van der Waals surface area contributed by atoms with Crippen LogP contribution < -0.4 is 10.2 Å². The van der Waals surface area contributed by atoms with E-state index in [-0.39, 0.29) is 17.7 Å². The van der Waals surface area contributed by atoms with Crippen molar-refractivity contribution >= 4 is 23.3 Å². The number of hydrogen-bond acceptors (Lipinski definition) is 4. The van der Waals surface area contributed by atoms with Gasteiger partial charge in [0.1, 0.15) is 5.76 Å². The van der Waals surface area contributed by atoms with E-state index in [1.54, 1.807) is 17.9 Å². The van der Waals surface area contributed by atoms with Gasteiger partial charge in [0.25, 0.3) is 0 Å². The van der Waals surface area contributed by atoms with Gasteiger partial charge in [0.2, 0.25) is 11.8 Å². The van der Waals surface area contributed by atoms with Crippen molar-refractivity contribution in [3.63, 3.8) is 0 Å². The molecule has 2 heterocycles. The molecule has 1 unspecified atom stereocenters. The molecule has 2 amide bonds. The molecular weight excluding hydrogens is 282 g/mol. The van der Waals surface area contributed by atoms with Gasteiger partial charge in [0.15, 0.2) is 5.82 Å². The number of rotatable bonds is 3. The smallest absolute Gasteiger partial charge is 0.226 e. The van der Waals surface area contributed by atoms with Crippen molar-refractivity contribution in [3.05, 3.63) is 41.7 Å². The van der Waals surface area contributed by atoms with Crippen LogP contribution in [-0.4, -0.2) is 23.5 Å². The summed E-state index contributed by atoms with van der Waals surface area (Å²) < 4.78 is 4.92. The third-order valence-corrected chi connectivity index (χ3v) is 3.78. The highest BCUT2D eigenvalue weighted by Gasteiger charge is 2.31. The van der Waals surface area contributed by atoms with E-state index in [1.165, 1.54) is 6.92 Å². The van der Waals surface area contributed by atoms with Crippen molar-refractivity contribution in [2.75, 3.05) is 16.8 Å². The van der Waals surface area contributed by atoms with E-state index in [0.29, 0.717) is 24.5 Å². The average molecular weight is 299 g/mol. The van der Waals surface area contributed by atoms with Crippen molar-refractivity contribution in [1.29, 1.82) is 0 Å². The third-order valence-electron chi connectivity index (χ3n) is 3.78. The molecule has 1 aliphatic rings. The lowest BCUT2D eigenvalue weighted by Gasteiger charge is -2.15. The van der Waals surface area contributed by atoms with Crippen molar-refractivity contribution in [1.82, 2.24) is 5.16 Å². The summed E-state index contributed by atoms with van der Waals surface area (Å²) in [5.74, 6) is 0.899. The Balaban J connectivity index is 1.73. The van der Waals surface area contributed by atoms with Gasteiger partial charge in [-0.25, -0.2) is 0 Å². The highest BCUT2D eigenvalue weighted by atomic mass is 16.5. The van der Waals surface area contributed by atoms with Crippen LogP contribution >= 0.6 is 0 Å². The van der Waals surface area contributed by atoms with Crippen LogP contribution in [0.5, 0.6) is 0 Å². The fraction of sp³-hybridized carbons (Fsp3) is 0.312. The maximum absolute atomic E-state index is 12.2. The number of para-hydroxylation sites is 1. The monoisotopic (exact) mass is 299 g/mol. The molecule has 1 aromatic carbocycles. The number of hydrogen-bond donors (Lipinski definition) is 1. The topological polar surface area (TPSA) is 75.4 Å². The molecule has 0 bridgehead atoms. The molecule has 2 aromatic rings. The van der Waals surface area contributed by atoms with E-state index in [1.807, 2.05) is 24.3 Å². The first-order valence-corrected chi connectivity index (χ1v) is 7.15. The van der Waals surface area contributed by atoms with Crippen LogP contribution in [0, 0.1) is 6.92 Å². The van der Waals surface area contributed by atoms with Crippen LogP contribution in [0.4, 0.5) is 11.5 Å². The van der Waals surface area contributed by atoms with Crippen LogP contribution in [0.15, 0.2) is 34.9 Å². The molecule has 114 valence electrons. The lowest BCUT2D eigenvalue weighted by molar-refractivity contribution is -0.118. The molecule has 0 saturated carbocycles. The third kappa shape index (κ3) is 2.72. The molecular formula is C16H17N3O3. The largest absolute Gasteiger partial charge is 0.360 e. The minimum Gasteiger partial charge on any atom is -0.360 e. The van der Waals surface area contributed by atoms with Gasteiger partial charge in [-0.1, -0.05) is 23.4 Å². The van der Waals surface area contributed by atoms with Crippen LogP contribution in [0.25, 0.3) is 0 Å². The van der Waals surface area contributed by atoms with Gasteiger partial charge < -0.3 is 14.7 Å². The Hall–Kier alpha value is -2.63. The summed E-state index contributed by atoms with van der Waals surface area (Å²) in [6, 6.07) is 9.37. The number of nitrogens with one attached hydrogen (secondary N) is 1. The molecule has 6 heteroatoms. The van der Waals surface area contributed by atoms with Gasteiger partial charge in [-0.05, 0) is 18.6 Å². The number of amides is 2. The predicted molar refractivity (Wildman–Crippen MR) is 81.7 cm³/mol. The Bertz CT molecular complexity index is 723. The Labute approximate surface area is 128 Å². The predicted octanol–water partition coefficient (Wildman–Crippen LogP) is 2.46. The van der Waals surface area contributed by atoms with Gasteiger partial charge in [-0.15, -0.1) is 0 Å². The fourth-order valence-corrected chi connectivity index (χ4v) is 2.81. The lowest BCUT2D eigenvalue weighted by atomic mass is 9.97. The highest BCUT2D eigenvalue weighted by Crippen LogP contribution is 2.38. The first kappa shape index (κ1) is 14.3. The maximum atomic E-state index is 12.2. The molecule has 1 aliphatic heterocycles. The van der Waals surface area contributed by atoms with Crippen LogP contribution in [-0.2, 0) is 9.59 Å². The van der Waals surface area contributed by atoms with Crippen LogP contribution in [0.3, 0.4) is 0 Å². The fourth-order valence-electron chi connectivity index (χ4n) is 2.81. The molecule has 0 fully saturated rings. The minimum atomic E-state index is -0.140. The van der Waals surface area contributed by atoms with Crippen molar-refractivity contribution < 1.29 is 14.1 Å². The second-order valence-corrected chi connectivity index (χ2v) is 5.46. The molecule has 6 nitrogen and oxygen atoms in total. The summed E-state index contributed by atoms with van der Waals surface area (Å²) in [6.07, 6.45) is 0.298. The number of carbonyl (C=O) groups excluding carboxylic acids is 2. The molecule has 3 rings (SSSR count). The summed E-state index contributed by atoms with van der Waals surface area (Å²) in [4.78, 5) is 25.6. The molecule has 0 aliphatic carbocycles. The van der Waals surface area contributed by atoms with Crippen LogP contribution in [0.1, 0.15) is 30.6 Å². The molecule has 1 atom stereocenters. The summed E-state index contributed by atoms with van der Waals surface area (Å²) in [5.41, 5.74) is 1.93. The average Bonchev–Trinajstić information content (AvgIpc) is 3.03. The number of benzene rings is 1. The van der Waals surface area contributed by atoms with E-state index in [0.717, 1.165) is 11.3 Å². The Morgan fingerprint density at radius 1 is 1.41 bits per heavy atom. The maximum Gasteiger partial charge on any atom is 0.226 e. The van der Waals surface area contributed by atoms with Crippen LogP contribution in [0.2, 0.25) is 0 Å². The molecule has 0 radical (unpaired) electrons. The lowest BCUT2D eigenvalue weighted by Crippen LogP contribution is -2.28. The van der Waals surface area contributed by atoms with E-state index in [4.69, 9.17) is 4.52 Å². The SMILES string of the molecule is CC(=O)N1CC(CC(=O)Nc2cc(C)on2)c2ccccc21. The van der Waals surface area contributed by atoms with Gasteiger partial charge in [-0.3, -0.25) is 9.59 Å². The van der Waals surface area contributed by atoms with Gasteiger partial charge in [0, 0.05) is 37.6 Å². The standard InChI is InChI=1S/C16H17N3O3/c1-10-7-15(18-22-10)17-16(21)8-12-9-19(11(2)20)14-6-4-3-5-13(12)14/h3-7,12H,8-9H2,1-2H3,(H,17,18,21). The van der Waals surface area contributed by atoms with E-state index >= 15 is 0 Å². The van der Waals surface area contributed by atoms with Crippen molar-refractivity contribution in [2.24, 2.45) is 0 Å². The van der Waals surface area contributed by atoms with E-state index in [2.05, 4.69) is 10.5 Å². The zero-order valence-corrected chi connectivity index (χ0v) is 12.5. The minimum absolute atomic E-state index is 0.00639. The van der Waals surface area contributed by atoms with E-state index in [9.17, 15) is 9.59 Å². The Kier molecular flexibility index (Phi) is 3.66. The quantitative estimate of drug-likeness (QED) is 0.944. The molecule has 1 N–H and O–H groups in total. The van der Waals surface area contributed by atoms with Crippen molar-refractivity contribution in [2.45, 2.75) is 26.2 Å². The number of aromatic nitrogens is 1. The van der Waals surface area contributed by atoms with Gasteiger partial charge >= 0.3 is 0 Å². The van der Waals surface area contributed by atoms with Gasteiger partial charge in [0.05, 0.1) is 0 Å². The molecule has 0 spiro atoms. The Morgan fingerprint density at radius 3 is 2.86 bits per heavy atom. The first-order chi connectivity index (χ1) is 10.5. The summed E-state index contributed by atoms with van der Waals surface area (Å²) in [7, 11) is 0. The zero-order chi connectivity index (χ0) is 15.7. The first-order valence-electron chi connectivity index (χ1n) is 7.15. The van der Waals surface area contributed by atoms with E-state index < -0.39 is 0 Å². The second kappa shape index (κ2) is 5.63. The zero-order valence-electron chi connectivity index (χ0n) is 12.5. The number of carbonyl (C=O) groups is 2. The van der Waals surface area contributed by atoms with Crippen molar-refractivity contribution in [3.8, 4) is 0 Å². The van der Waals surface area contributed by atoms with Gasteiger partial charge in [-0.2, -0.15) is 0 Å². The molecule has 22 heavy (non-hydrogen) atoms. The normalized spacial score (nSPS) is 16.5. The summed E-state index contributed by atoms with van der Waals surface area (Å²) in [6.45, 7) is 3.83. The number of nitrogens with zero attached hydrogens (tertiary/aromatic N) is 2. The highest BCUT2D eigenvalue weighted by molar-refractivity contribution is 5.96.